The average molecular weight is 677 g/mol. The number of nitrogens with two attached hydrogens (primary N) is 1. The molecule has 5 unspecified atom stereocenters. The molecule has 25 heteroatoms. The van der Waals surface area contributed by atoms with Crippen LogP contribution in [0.2, 0.25) is 0 Å². The van der Waals surface area contributed by atoms with Crippen molar-refractivity contribution in [2.45, 2.75) is 31.1 Å². The summed E-state index contributed by atoms with van der Waals surface area (Å²) in [5.74, 6) is 0.0139. The van der Waals surface area contributed by atoms with Gasteiger partial charge < -0.3 is 40.3 Å². The lowest BCUT2D eigenvalue weighted by molar-refractivity contribution is -0.0503. The molecule has 8 N–H and O–H groups in total. The number of aromatic nitrogens is 4. The first-order chi connectivity index (χ1) is 19.5. The lowest BCUT2D eigenvalue weighted by Crippen LogP contribution is -2.33. The van der Waals surface area contributed by atoms with Crippen molar-refractivity contribution in [3.8, 4) is 0 Å². The Hall–Kier alpha value is -1.99. The van der Waals surface area contributed by atoms with Crippen molar-refractivity contribution in [2.24, 2.45) is 0 Å². The van der Waals surface area contributed by atoms with E-state index in [2.05, 4.69) is 36.9 Å². The summed E-state index contributed by atoms with van der Waals surface area (Å²) in [6.07, 6.45) is -4.02. The summed E-state index contributed by atoms with van der Waals surface area (Å²) in [6.45, 7) is -1.62. The topological polar surface area (TPSA) is 315 Å². The lowest BCUT2D eigenvalue weighted by Gasteiger charge is -2.20. The maximum atomic E-state index is 12.2. The molecule has 1 aliphatic heterocycles. The van der Waals surface area contributed by atoms with Crippen LogP contribution in [0.3, 0.4) is 0 Å². The Kier molecular flexibility index (Phi) is 9.84. The molecule has 0 radical (unpaired) electrons. The largest absolute Gasteiger partial charge is 0.490 e. The molecule has 21 nitrogen and oxygen atoms in total. The first kappa shape index (κ1) is 32.9. The van der Waals surface area contributed by atoms with Gasteiger partial charge in [-0.1, -0.05) is 30.3 Å². The molecule has 1 saturated heterocycles. The molecule has 1 aromatic carbocycles. The molecule has 2 aromatic heterocycles. The molecule has 8 atom stereocenters. The molecule has 0 aliphatic carbocycles. The number of hydrogen-bond acceptors (Lipinski definition) is 16. The van der Waals surface area contributed by atoms with E-state index in [1.807, 2.05) is 0 Å². The van der Waals surface area contributed by atoms with Crippen LogP contribution in [0.5, 0.6) is 0 Å². The minimum absolute atomic E-state index is 0.0139. The Morgan fingerprint density at radius 2 is 1.43 bits per heavy atom. The van der Waals surface area contributed by atoms with Gasteiger partial charge in [-0.3, -0.25) is 13.6 Å². The molecule has 4 rings (SSSR count). The Morgan fingerprint density at radius 3 is 2.07 bits per heavy atom. The van der Waals surface area contributed by atoms with Gasteiger partial charge in [-0.2, -0.15) is 12.9 Å². The van der Waals surface area contributed by atoms with E-state index in [0.717, 1.165) is 6.33 Å². The Morgan fingerprint density at radius 1 is 0.833 bits per heavy atom. The summed E-state index contributed by atoms with van der Waals surface area (Å²) in [7, 11) is -23.0. The zero-order chi connectivity index (χ0) is 30.9. The van der Waals surface area contributed by atoms with E-state index in [0.29, 0.717) is 5.56 Å². The molecule has 42 heavy (non-hydrogen) atoms. The van der Waals surface area contributed by atoms with Gasteiger partial charge in [0.25, 0.3) is 0 Å². The quantitative estimate of drug-likeness (QED) is 0.122. The van der Waals surface area contributed by atoms with Crippen molar-refractivity contribution in [1.82, 2.24) is 19.5 Å². The van der Waals surface area contributed by atoms with Crippen LogP contribution in [-0.4, -0.2) is 74.2 Å². The number of aliphatic hydroxyl groups is 2. The van der Waals surface area contributed by atoms with Crippen LogP contribution < -0.4 is 5.73 Å². The maximum Gasteiger partial charge on any atom is 0.490 e. The number of phosphoric acid groups is 4. The fourth-order valence-electron chi connectivity index (χ4n) is 3.52. The van der Waals surface area contributed by atoms with Gasteiger partial charge in [0.05, 0.1) is 19.5 Å². The normalized spacial score (nSPS) is 26.7. The van der Waals surface area contributed by atoms with Crippen LogP contribution in [-0.2, 0) is 51.6 Å². The number of nitrogens with zero attached hydrogens (tertiary/aromatic N) is 4. The molecule has 1 aliphatic rings. The van der Waals surface area contributed by atoms with Crippen LogP contribution in [0.15, 0.2) is 43.0 Å². The fourth-order valence-corrected chi connectivity index (χ4v) is 8.45. The third-order valence-electron chi connectivity index (χ3n) is 5.26. The number of rotatable bonds is 13. The Balaban J connectivity index is 1.33. The number of aliphatic hydroxyl groups excluding tert-OH is 2. The number of benzene rings is 1. The van der Waals surface area contributed by atoms with E-state index >= 15 is 0 Å². The first-order valence-corrected chi connectivity index (χ1v) is 17.2. The predicted octanol–water partition coefficient (Wildman–Crippen LogP) is 0.712. The summed E-state index contributed by atoms with van der Waals surface area (Å²) in [5.41, 5.74) is 6.33. The summed E-state index contributed by atoms with van der Waals surface area (Å²) >= 11 is 0. The zero-order valence-corrected chi connectivity index (χ0v) is 24.3. The molecule has 0 amide bonds. The van der Waals surface area contributed by atoms with Crippen molar-refractivity contribution in [3.05, 3.63) is 48.5 Å². The number of hydrogen-bond donors (Lipinski definition) is 7. The highest BCUT2D eigenvalue weighted by Gasteiger charge is 2.48. The summed E-state index contributed by atoms with van der Waals surface area (Å²) in [4.78, 5) is 50.5. The van der Waals surface area contributed by atoms with Gasteiger partial charge in [0, 0.05) is 0 Å². The summed E-state index contributed by atoms with van der Waals surface area (Å²) in [6, 6.07) is 7.71. The summed E-state index contributed by atoms with van der Waals surface area (Å²) < 4.78 is 75.6. The van der Waals surface area contributed by atoms with E-state index < -0.39 is 69.0 Å². The van der Waals surface area contributed by atoms with Gasteiger partial charge in [-0.15, -0.1) is 0 Å². The second-order valence-corrected chi connectivity index (χ2v) is 14.5. The smallest absolute Gasteiger partial charge is 0.387 e. The van der Waals surface area contributed by atoms with Gasteiger partial charge in [0.2, 0.25) is 0 Å². The van der Waals surface area contributed by atoms with Crippen LogP contribution in [0.4, 0.5) is 5.82 Å². The standard InChI is InChI=1S/C17H23N5O16P4/c18-15-12-16(20-8-19-15)22(9-21-12)17-14(24)13(23)11(35-17)7-34-40(27,28)37-42(31,32)38-41(29,30)36-39(25,26)33-6-10-4-2-1-3-5-10/h1-5,8-9,11,13-14,17,23-24H,6-7H2,(H,25,26)(H,27,28)(H,29,30)(H,31,32)(H2,18,19,20)/t11-,13+,14?,17-/m1/s1. The number of anilines is 1. The highest BCUT2D eigenvalue weighted by atomic mass is 31.3. The minimum Gasteiger partial charge on any atom is -0.387 e. The molecular formula is C17H23N5O16P4. The number of fused-ring (bicyclic) bond motifs is 1. The predicted molar refractivity (Wildman–Crippen MR) is 135 cm³/mol. The van der Waals surface area contributed by atoms with Crippen molar-refractivity contribution < 1.29 is 74.8 Å². The molecule has 0 spiro atoms. The maximum absolute atomic E-state index is 12.2. The zero-order valence-electron chi connectivity index (χ0n) is 20.7. The van der Waals surface area contributed by atoms with Crippen LogP contribution in [0.1, 0.15) is 11.8 Å². The average Bonchev–Trinajstić information content (AvgIpc) is 3.42. The first-order valence-electron chi connectivity index (χ1n) is 11.2. The Labute approximate surface area is 234 Å². The highest BCUT2D eigenvalue weighted by Crippen LogP contribution is 2.71. The lowest BCUT2D eigenvalue weighted by atomic mass is 10.1. The highest BCUT2D eigenvalue weighted by molar-refractivity contribution is 7.69. The minimum atomic E-state index is -6.03. The van der Waals surface area contributed by atoms with Gasteiger partial charge in [0.1, 0.15) is 30.2 Å². The van der Waals surface area contributed by atoms with E-state index in [-0.39, 0.29) is 17.0 Å². The number of nitrogen functional groups attached to an aromatic ring is 1. The molecule has 1 fully saturated rings. The van der Waals surface area contributed by atoms with Crippen molar-refractivity contribution >= 4 is 48.3 Å². The Bertz CT molecular complexity index is 1610. The van der Waals surface area contributed by atoms with Crippen molar-refractivity contribution in [1.29, 1.82) is 0 Å². The summed E-state index contributed by atoms with van der Waals surface area (Å²) in [5, 5.41) is 20.7. The number of phosphoric ester groups is 2. The molecule has 232 valence electrons. The van der Waals surface area contributed by atoms with Crippen molar-refractivity contribution in [3.63, 3.8) is 0 Å². The van der Waals surface area contributed by atoms with Gasteiger partial charge >= 0.3 is 31.3 Å². The second kappa shape index (κ2) is 12.6. The van der Waals surface area contributed by atoms with Crippen molar-refractivity contribution in [2.75, 3.05) is 12.3 Å². The van der Waals surface area contributed by atoms with Crippen LogP contribution in [0, 0.1) is 0 Å². The SMILES string of the molecule is Nc1ncnc2c1ncn2[C@@H]1O[C@H](COP(=O)(O)OP(=O)(O)OP(=O)(O)OP(=O)(O)OCc2ccccc2)[C@H](O)C1O. The molecule has 3 aromatic rings. The van der Waals surface area contributed by atoms with E-state index in [9.17, 15) is 48.0 Å². The van der Waals surface area contributed by atoms with Gasteiger partial charge in [-0.25, -0.2) is 33.2 Å². The third kappa shape index (κ3) is 8.34. The van der Waals surface area contributed by atoms with Gasteiger partial charge in [-0.05, 0) is 5.56 Å². The van der Waals surface area contributed by atoms with Crippen LogP contribution in [0.25, 0.3) is 11.2 Å². The number of imidazole rings is 1. The fraction of sp³-hybridized carbons (Fsp3) is 0.353. The van der Waals surface area contributed by atoms with E-state index in [4.69, 9.17) is 10.5 Å². The molecule has 3 heterocycles. The second-order valence-electron chi connectivity index (χ2n) is 8.30. The van der Waals surface area contributed by atoms with E-state index in [1.54, 1.807) is 18.2 Å². The monoisotopic (exact) mass is 677 g/mol. The molecular weight excluding hydrogens is 654 g/mol. The van der Waals surface area contributed by atoms with E-state index in [1.165, 1.54) is 23.0 Å². The number of ether oxygens (including phenoxy) is 1. The molecule has 0 bridgehead atoms. The molecule has 0 saturated carbocycles. The third-order valence-corrected chi connectivity index (χ3v) is 11.1. The van der Waals surface area contributed by atoms with Gasteiger partial charge in [0.15, 0.2) is 17.7 Å². The van der Waals surface area contributed by atoms with Crippen LogP contribution >= 0.6 is 31.3 Å².